The molecule has 1 heterocycles. The molecule has 0 saturated carbocycles. The molecule has 0 aliphatic carbocycles. The van der Waals surface area contributed by atoms with Crippen LogP contribution in [0, 0.1) is 0 Å². The lowest BCUT2D eigenvalue weighted by atomic mass is 10.0. The highest BCUT2D eigenvalue weighted by atomic mass is 16.6. The van der Waals surface area contributed by atoms with E-state index in [1.165, 1.54) is 52.7 Å². The molecule has 0 radical (unpaired) electrons. The summed E-state index contributed by atoms with van der Waals surface area (Å²) in [4.78, 5) is 40.2. The number of carbonyl (C=O) groups is 3. The van der Waals surface area contributed by atoms with Gasteiger partial charge in [0, 0.05) is 12.1 Å². The summed E-state index contributed by atoms with van der Waals surface area (Å²) in [6.07, 6.45) is 0. The van der Waals surface area contributed by atoms with Gasteiger partial charge in [-0.25, -0.2) is 19.4 Å². The smallest absolute Gasteiger partial charge is 0.356 e. The topological polar surface area (TPSA) is 119 Å². The first kappa shape index (κ1) is 25.4. The van der Waals surface area contributed by atoms with Crippen LogP contribution in [0.25, 0.3) is 11.1 Å². The number of esters is 3. The summed E-state index contributed by atoms with van der Waals surface area (Å²) in [7, 11) is 5.26. The van der Waals surface area contributed by atoms with Gasteiger partial charge in [-0.3, -0.25) is 0 Å². The van der Waals surface area contributed by atoms with Gasteiger partial charge in [-0.15, -0.1) is 0 Å². The van der Waals surface area contributed by atoms with Crippen molar-refractivity contribution in [3.63, 3.8) is 0 Å². The van der Waals surface area contributed by atoms with Crippen LogP contribution in [-0.2, 0) is 19.0 Å². The second kappa shape index (κ2) is 10.7. The zero-order valence-corrected chi connectivity index (χ0v) is 19.6. The van der Waals surface area contributed by atoms with Gasteiger partial charge in [-0.2, -0.15) is 0 Å². The van der Waals surface area contributed by atoms with E-state index in [9.17, 15) is 14.4 Å². The molecule has 33 heavy (non-hydrogen) atoms. The molecule has 0 fully saturated rings. The van der Waals surface area contributed by atoms with Gasteiger partial charge in [-0.1, -0.05) is 0 Å². The summed E-state index contributed by atoms with van der Waals surface area (Å²) in [6, 6.07) is 5.94. The van der Waals surface area contributed by atoms with Crippen LogP contribution in [0.1, 0.15) is 41.7 Å². The number of carbonyl (C=O) groups excluding carboxylic acids is 3. The number of ether oxygens (including phenoxy) is 6. The Morgan fingerprint density at radius 3 is 1.70 bits per heavy atom. The maximum Gasteiger partial charge on any atom is 0.356 e. The van der Waals surface area contributed by atoms with Gasteiger partial charge in [0.05, 0.1) is 34.0 Å². The molecule has 10 heteroatoms. The first-order valence-electron chi connectivity index (χ1n) is 9.82. The van der Waals surface area contributed by atoms with Crippen molar-refractivity contribution in [1.82, 2.24) is 4.98 Å². The molecular formula is C23H27NO9. The largest absolute Gasteiger partial charge is 0.496 e. The SMILES string of the molecule is COC(=O)c1cc(-c2c(OC)cc(OCC(=O)OC(C)(C)C)cc2OC)cc(C(=O)OC)n1. The van der Waals surface area contributed by atoms with Crippen LogP contribution in [0.5, 0.6) is 17.2 Å². The maximum absolute atomic E-state index is 12.1. The molecule has 0 saturated heterocycles. The van der Waals surface area contributed by atoms with E-state index in [0.29, 0.717) is 22.6 Å². The van der Waals surface area contributed by atoms with Crippen molar-refractivity contribution >= 4 is 17.9 Å². The molecule has 0 unspecified atom stereocenters. The van der Waals surface area contributed by atoms with Crippen LogP contribution in [0.2, 0.25) is 0 Å². The van der Waals surface area contributed by atoms with E-state index in [2.05, 4.69) is 4.98 Å². The van der Waals surface area contributed by atoms with Crippen molar-refractivity contribution in [1.29, 1.82) is 0 Å². The molecule has 0 N–H and O–H groups in total. The Labute approximate surface area is 191 Å². The van der Waals surface area contributed by atoms with E-state index in [-0.39, 0.29) is 23.7 Å². The summed E-state index contributed by atoms with van der Waals surface area (Å²) in [6.45, 7) is 4.94. The summed E-state index contributed by atoms with van der Waals surface area (Å²) in [5, 5.41) is 0. The van der Waals surface area contributed by atoms with E-state index in [0.717, 1.165) is 0 Å². The Bertz CT molecular complexity index is 981. The Kier molecular flexibility index (Phi) is 8.22. The number of rotatable bonds is 8. The number of methoxy groups -OCH3 is 4. The van der Waals surface area contributed by atoms with E-state index in [4.69, 9.17) is 28.4 Å². The lowest BCUT2D eigenvalue weighted by molar-refractivity contribution is -0.157. The number of nitrogens with zero attached hydrogens (tertiary/aromatic N) is 1. The average molecular weight is 461 g/mol. The highest BCUT2D eigenvalue weighted by Crippen LogP contribution is 2.42. The standard InChI is InChI=1S/C23H27NO9/c1-23(2,3)33-19(25)12-32-14-10-17(28-4)20(18(11-14)29-5)13-8-15(21(26)30-6)24-16(9-13)22(27)31-7/h8-11H,12H2,1-7H3. The fourth-order valence-corrected chi connectivity index (χ4v) is 2.86. The van der Waals surface area contributed by atoms with Gasteiger partial charge in [0.25, 0.3) is 0 Å². The molecule has 0 atom stereocenters. The number of pyridine rings is 1. The predicted molar refractivity (Wildman–Crippen MR) is 117 cm³/mol. The Hall–Kier alpha value is -3.82. The van der Waals surface area contributed by atoms with Crippen molar-refractivity contribution in [2.75, 3.05) is 35.0 Å². The van der Waals surface area contributed by atoms with Crippen LogP contribution >= 0.6 is 0 Å². The molecule has 0 aliphatic rings. The molecule has 0 aliphatic heterocycles. The third kappa shape index (κ3) is 6.58. The van der Waals surface area contributed by atoms with Crippen LogP contribution in [0.4, 0.5) is 0 Å². The zero-order chi connectivity index (χ0) is 24.8. The third-order valence-electron chi connectivity index (χ3n) is 4.16. The van der Waals surface area contributed by atoms with Crippen molar-refractivity contribution in [2.24, 2.45) is 0 Å². The molecular weight excluding hydrogens is 434 g/mol. The number of benzene rings is 1. The Morgan fingerprint density at radius 2 is 1.30 bits per heavy atom. The quantitative estimate of drug-likeness (QED) is 0.428. The van der Waals surface area contributed by atoms with Crippen molar-refractivity contribution in [3.8, 4) is 28.4 Å². The van der Waals surface area contributed by atoms with Crippen LogP contribution < -0.4 is 14.2 Å². The minimum absolute atomic E-state index is 0.107. The van der Waals surface area contributed by atoms with E-state index in [1.807, 2.05) is 0 Å². The lowest BCUT2D eigenvalue weighted by Crippen LogP contribution is -2.27. The highest BCUT2D eigenvalue weighted by Gasteiger charge is 2.22. The van der Waals surface area contributed by atoms with E-state index >= 15 is 0 Å². The van der Waals surface area contributed by atoms with Gasteiger partial charge in [0.15, 0.2) is 6.61 Å². The second-order valence-electron chi connectivity index (χ2n) is 7.69. The highest BCUT2D eigenvalue weighted by molar-refractivity contribution is 5.95. The van der Waals surface area contributed by atoms with Crippen LogP contribution in [-0.4, -0.2) is 63.5 Å². The van der Waals surface area contributed by atoms with E-state index < -0.39 is 23.5 Å². The summed E-state index contributed by atoms with van der Waals surface area (Å²) in [5.41, 5.74) is -0.0505. The number of hydrogen-bond acceptors (Lipinski definition) is 10. The molecule has 10 nitrogen and oxygen atoms in total. The molecule has 178 valence electrons. The third-order valence-corrected chi connectivity index (χ3v) is 4.16. The fourth-order valence-electron chi connectivity index (χ4n) is 2.86. The molecule has 0 spiro atoms. The second-order valence-corrected chi connectivity index (χ2v) is 7.69. The molecule has 2 rings (SSSR count). The minimum Gasteiger partial charge on any atom is -0.496 e. The van der Waals surface area contributed by atoms with E-state index in [1.54, 1.807) is 20.8 Å². The predicted octanol–water partition coefficient (Wildman–Crippen LogP) is 3.06. The number of hydrogen-bond donors (Lipinski definition) is 0. The fraction of sp³-hybridized carbons (Fsp3) is 0.391. The van der Waals surface area contributed by atoms with Crippen molar-refractivity contribution in [3.05, 3.63) is 35.7 Å². The first-order valence-corrected chi connectivity index (χ1v) is 9.82. The zero-order valence-electron chi connectivity index (χ0n) is 19.6. The number of aromatic nitrogens is 1. The lowest BCUT2D eigenvalue weighted by Gasteiger charge is -2.20. The van der Waals surface area contributed by atoms with Crippen LogP contribution in [0.3, 0.4) is 0 Å². The molecule has 0 bridgehead atoms. The molecule has 1 aromatic heterocycles. The summed E-state index contributed by atoms with van der Waals surface area (Å²) < 4.78 is 31.3. The summed E-state index contributed by atoms with van der Waals surface area (Å²) in [5.74, 6) is -1.13. The maximum atomic E-state index is 12.1. The van der Waals surface area contributed by atoms with Crippen LogP contribution in [0.15, 0.2) is 24.3 Å². The minimum atomic E-state index is -0.739. The van der Waals surface area contributed by atoms with Crippen molar-refractivity contribution < 1.29 is 42.8 Å². The molecule has 2 aromatic rings. The van der Waals surface area contributed by atoms with Crippen molar-refractivity contribution in [2.45, 2.75) is 26.4 Å². The van der Waals surface area contributed by atoms with Gasteiger partial charge >= 0.3 is 17.9 Å². The van der Waals surface area contributed by atoms with Gasteiger partial charge in [-0.05, 0) is 38.5 Å². The normalized spacial score (nSPS) is 10.8. The molecule has 1 aromatic carbocycles. The monoisotopic (exact) mass is 461 g/mol. The Morgan fingerprint density at radius 1 is 0.818 bits per heavy atom. The summed E-state index contributed by atoms with van der Waals surface area (Å²) >= 11 is 0. The van der Waals surface area contributed by atoms with Gasteiger partial charge in [0.1, 0.15) is 34.2 Å². The first-order chi connectivity index (χ1) is 15.5. The Balaban J connectivity index is 2.53. The van der Waals surface area contributed by atoms with Gasteiger partial charge < -0.3 is 28.4 Å². The molecule has 0 amide bonds. The average Bonchev–Trinajstić information content (AvgIpc) is 2.79. The van der Waals surface area contributed by atoms with Gasteiger partial charge in [0.2, 0.25) is 0 Å².